The molecule has 0 aromatic heterocycles. The zero-order valence-electron chi connectivity index (χ0n) is 24.4. The largest absolute Gasteiger partial charge is 0.343 e. The second-order valence-electron chi connectivity index (χ2n) is 11.0. The van der Waals surface area contributed by atoms with E-state index in [2.05, 4.69) is 10.6 Å². The Hall–Kier alpha value is -4.98. The first-order valence-electron chi connectivity index (χ1n) is 14.2. The predicted octanol–water partition coefficient (Wildman–Crippen LogP) is 1.47. The van der Waals surface area contributed by atoms with Gasteiger partial charge < -0.3 is 21.3 Å². The molecule has 14 nitrogen and oxygen atoms in total. The third-order valence-electron chi connectivity index (χ3n) is 7.84. The molecule has 232 valence electrons. The van der Waals surface area contributed by atoms with Gasteiger partial charge in [-0.1, -0.05) is 18.2 Å². The lowest BCUT2D eigenvalue weighted by Crippen LogP contribution is -2.69. The number of amides is 4. The molecule has 1 heterocycles. The van der Waals surface area contributed by atoms with Crippen LogP contribution in [0.5, 0.6) is 0 Å². The third-order valence-corrected chi connectivity index (χ3v) is 7.84. The van der Waals surface area contributed by atoms with Crippen LogP contribution in [-0.4, -0.2) is 75.2 Å². The molecular weight excluding hydrogens is 572 g/mol. The number of Topliss-reactive ketones (excluding diaryl/α,β-unsaturated/α-hetero) is 2. The summed E-state index contributed by atoms with van der Waals surface area (Å²) in [5.41, 5.74) is 3.37. The van der Waals surface area contributed by atoms with E-state index in [-0.39, 0.29) is 42.9 Å². The van der Waals surface area contributed by atoms with Crippen LogP contribution in [0, 0.1) is 10.1 Å². The van der Waals surface area contributed by atoms with Gasteiger partial charge in [0.25, 0.3) is 17.5 Å². The molecular formula is C30H34N6O8. The zero-order valence-corrected chi connectivity index (χ0v) is 24.4. The number of nitro groups is 1. The van der Waals surface area contributed by atoms with Gasteiger partial charge in [0.2, 0.25) is 11.8 Å². The molecule has 1 saturated carbocycles. The highest BCUT2D eigenvalue weighted by molar-refractivity contribution is 6.26. The molecule has 2 aliphatic rings. The number of hydrogen-bond acceptors (Lipinski definition) is 9. The first kappa shape index (κ1) is 31.9. The normalized spacial score (nSPS) is 21.2. The van der Waals surface area contributed by atoms with Crippen molar-refractivity contribution in [3.8, 4) is 0 Å². The monoisotopic (exact) mass is 606 g/mol. The van der Waals surface area contributed by atoms with E-state index in [9.17, 15) is 38.9 Å². The van der Waals surface area contributed by atoms with Crippen molar-refractivity contribution in [2.75, 3.05) is 16.8 Å². The minimum atomic E-state index is -2.30. The number of rotatable bonds is 9. The number of benzene rings is 2. The number of carbonyl (C=O) groups is 6. The molecule has 0 unspecified atom stereocenters. The number of non-ortho nitro benzene ring substituents is 1. The molecule has 0 radical (unpaired) electrons. The van der Waals surface area contributed by atoms with Crippen molar-refractivity contribution in [1.82, 2.24) is 10.2 Å². The van der Waals surface area contributed by atoms with Crippen molar-refractivity contribution in [2.24, 2.45) is 5.73 Å². The Labute approximate surface area is 253 Å². The Bertz CT molecular complexity index is 1480. The van der Waals surface area contributed by atoms with E-state index in [1.54, 1.807) is 18.2 Å². The van der Waals surface area contributed by atoms with Gasteiger partial charge in [-0.05, 0) is 51.0 Å². The molecule has 4 atom stereocenters. The number of hydrogen-bond donors (Lipinski definition) is 3. The topological polar surface area (TPSA) is 202 Å². The maximum Gasteiger partial charge on any atom is 0.269 e. The Morgan fingerprint density at radius 1 is 1.05 bits per heavy atom. The molecule has 4 N–H and O–H groups in total. The van der Waals surface area contributed by atoms with E-state index in [0.29, 0.717) is 6.42 Å². The van der Waals surface area contributed by atoms with Crippen molar-refractivity contribution in [3.63, 3.8) is 0 Å². The number of nitro benzene ring substituents is 1. The SMILES string of the molecule is C[C@H](N)C(=O)N[C@@H](C)C(=O)N1CCC[C@H]1C(=O)N(c1ccccc1)[C@]1(C(=O)Nc2ccc([N+](=O)[O-])cc2)CC(=O)CCC1=O. The van der Waals surface area contributed by atoms with Crippen LogP contribution < -0.4 is 21.3 Å². The second-order valence-corrected chi connectivity index (χ2v) is 11.0. The Morgan fingerprint density at radius 3 is 2.32 bits per heavy atom. The smallest absolute Gasteiger partial charge is 0.269 e. The van der Waals surface area contributed by atoms with E-state index in [4.69, 9.17) is 5.73 Å². The average molecular weight is 607 g/mol. The van der Waals surface area contributed by atoms with E-state index in [1.807, 2.05) is 0 Å². The number of nitrogens with one attached hydrogen (secondary N) is 2. The van der Waals surface area contributed by atoms with Gasteiger partial charge in [-0.2, -0.15) is 0 Å². The highest BCUT2D eigenvalue weighted by atomic mass is 16.6. The lowest BCUT2D eigenvalue weighted by atomic mass is 9.76. The van der Waals surface area contributed by atoms with Crippen LogP contribution in [0.2, 0.25) is 0 Å². The van der Waals surface area contributed by atoms with Gasteiger partial charge in [-0.15, -0.1) is 0 Å². The summed E-state index contributed by atoms with van der Waals surface area (Å²) in [6.45, 7) is 3.13. The lowest BCUT2D eigenvalue weighted by Gasteiger charge is -2.44. The van der Waals surface area contributed by atoms with E-state index < -0.39 is 70.2 Å². The molecule has 1 saturated heterocycles. The van der Waals surface area contributed by atoms with Crippen molar-refractivity contribution >= 4 is 52.3 Å². The van der Waals surface area contributed by atoms with Crippen LogP contribution in [0.15, 0.2) is 54.6 Å². The molecule has 1 aliphatic heterocycles. The predicted molar refractivity (Wildman–Crippen MR) is 158 cm³/mol. The summed E-state index contributed by atoms with van der Waals surface area (Å²) in [5, 5.41) is 16.2. The van der Waals surface area contributed by atoms with Gasteiger partial charge in [0.15, 0.2) is 11.3 Å². The van der Waals surface area contributed by atoms with Gasteiger partial charge in [0.1, 0.15) is 17.9 Å². The highest BCUT2D eigenvalue weighted by Gasteiger charge is 2.57. The average Bonchev–Trinajstić information content (AvgIpc) is 3.49. The molecule has 0 bridgehead atoms. The standard InChI is InChI=1S/C30H34N6O8/c1-18(31)26(39)32-19(2)27(40)34-16-6-9-24(34)28(41)35(21-7-4-3-5-8-21)30(17-23(37)14-15-25(30)38)29(42)33-20-10-12-22(13-11-20)36(43)44/h3-5,7-8,10-13,18-19,24H,6,9,14-17,31H2,1-2H3,(H,32,39)(H,33,42)/t18-,19-,24-,30+/m0/s1. The molecule has 4 rings (SSSR count). The van der Waals surface area contributed by atoms with Crippen molar-refractivity contribution in [1.29, 1.82) is 0 Å². The molecule has 2 aromatic rings. The third kappa shape index (κ3) is 6.34. The summed E-state index contributed by atoms with van der Waals surface area (Å²) in [6, 6.07) is 9.87. The summed E-state index contributed by atoms with van der Waals surface area (Å²) in [7, 11) is 0. The fraction of sp³-hybridized carbons (Fsp3) is 0.400. The van der Waals surface area contributed by atoms with Crippen LogP contribution in [0.4, 0.5) is 17.1 Å². The quantitative estimate of drug-likeness (QED) is 0.215. The van der Waals surface area contributed by atoms with Crippen molar-refractivity contribution < 1.29 is 33.7 Å². The fourth-order valence-electron chi connectivity index (χ4n) is 5.55. The molecule has 44 heavy (non-hydrogen) atoms. The number of ketones is 2. The first-order chi connectivity index (χ1) is 20.9. The molecule has 0 spiro atoms. The summed E-state index contributed by atoms with van der Waals surface area (Å²) in [5.74, 6) is -3.87. The van der Waals surface area contributed by atoms with Gasteiger partial charge in [-0.3, -0.25) is 43.8 Å². The maximum absolute atomic E-state index is 14.6. The summed E-state index contributed by atoms with van der Waals surface area (Å²) in [6.07, 6.45) is -0.353. The molecule has 2 aromatic carbocycles. The Morgan fingerprint density at radius 2 is 1.70 bits per heavy atom. The van der Waals surface area contributed by atoms with E-state index in [0.717, 1.165) is 4.90 Å². The van der Waals surface area contributed by atoms with Gasteiger partial charge >= 0.3 is 0 Å². The van der Waals surface area contributed by atoms with Crippen LogP contribution in [-0.2, 0) is 28.8 Å². The van der Waals surface area contributed by atoms with Crippen LogP contribution in [0.1, 0.15) is 46.0 Å². The summed E-state index contributed by atoms with van der Waals surface area (Å²) < 4.78 is 0. The van der Waals surface area contributed by atoms with Crippen LogP contribution in [0.3, 0.4) is 0 Å². The summed E-state index contributed by atoms with van der Waals surface area (Å²) >= 11 is 0. The number of nitrogens with zero attached hydrogens (tertiary/aromatic N) is 3. The molecule has 2 fully saturated rings. The molecule has 4 amide bonds. The van der Waals surface area contributed by atoms with E-state index in [1.165, 1.54) is 55.1 Å². The second kappa shape index (κ2) is 13.1. The number of carbonyl (C=O) groups excluding carboxylic acids is 6. The van der Waals surface area contributed by atoms with Crippen LogP contribution >= 0.6 is 0 Å². The maximum atomic E-state index is 14.6. The van der Waals surface area contributed by atoms with E-state index >= 15 is 0 Å². The zero-order chi connectivity index (χ0) is 32.2. The number of anilines is 2. The number of nitrogens with two attached hydrogens (primary N) is 1. The minimum Gasteiger partial charge on any atom is -0.343 e. The minimum absolute atomic E-state index is 0.104. The Kier molecular flexibility index (Phi) is 9.53. The van der Waals surface area contributed by atoms with Crippen molar-refractivity contribution in [3.05, 3.63) is 64.7 Å². The molecule has 14 heteroatoms. The highest BCUT2D eigenvalue weighted by Crippen LogP contribution is 2.37. The van der Waals surface area contributed by atoms with Gasteiger partial charge in [0, 0.05) is 49.3 Å². The fourth-order valence-corrected chi connectivity index (χ4v) is 5.55. The number of para-hydroxylation sites is 1. The first-order valence-corrected chi connectivity index (χ1v) is 14.2. The summed E-state index contributed by atoms with van der Waals surface area (Å²) in [4.78, 5) is 93.9. The van der Waals surface area contributed by atoms with Crippen LogP contribution in [0.25, 0.3) is 0 Å². The van der Waals surface area contributed by atoms with Crippen molar-refractivity contribution in [2.45, 2.75) is 69.6 Å². The lowest BCUT2D eigenvalue weighted by molar-refractivity contribution is -0.384. The van der Waals surface area contributed by atoms with Gasteiger partial charge in [0.05, 0.1) is 11.0 Å². The molecule has 1 aliphatic carbocycles. The van der Waals surface area contributed by atoms with Gasteiger partial charge in [-0.25, -0.2) is 0 Å². The number of likely N-dealkylation sites (tertiary alicyclic amines) is 1. The Balaban J connectivity index is 1.76.